The molecule has 6 nitrogen and oxygen atoms in total. The molecule has 0 aliphatic carbocycles. The molecule has 1 aromatic carbocycles. The Balaban J connectivity index is 2.11. The molecule has 2 aromatic rings. The van der Waals surface area contributed by atoms with E-state index in [2.05, 4.69) is 5.16 Å². The first kappa shape index (κ1) is 10.8. The van der Waals surface area contributed by atoms with Crippen LogP contribution in [-0.4, -0.2) is 23.5 Å². The Morgan fingerprint density at radius 2 is 1.83 bits per heavy atom. The van der Waals surface area contributed by atoms with Crippen LogP contribution in [0.15, 0.2) is 22.9 Å². The van der Waals surface area contributed by atoms with Crippen LogP contribution in [0.3, 0.4) is 0 Å². The van der Waals surface area contributed by atoms with Crippen molar-refractivity contribution in [1.82, 2.24) is 5.16 Å². The van der Waals surface area contributed by atoms with Gasteiger partial charge in [-0.15, -0.1) is 0 Å². The molecule has 1 aliphatic rings. The number of ether oxygens (including phenoxy) is 2. The Hall–Kier alpha value is -2.37. The third kappa shape index (κ3) is 1.71. The number of phenolic OH excluding ortho intramolecular Hbond substituents is 1. The molecule has 0 fully saturated rings. The van der Waals surface area contributed by atoms with Gasteiger partial charge in [0.15, 0.2) is 11.5 Å². The average Bonchev–Trinajstić information content (AvgIpc) is 2.64. The lowest BCUT2D eigenvalue weighted by atomic mass is 10.1. The highest BCUT2D eigenvalue weighted by Crippen LogP contribution is 2.42. The summed E-state index contributed by atoms with van der Waals surface area (Å²) in [6, 6.07) is 3.20. The second-order valence-corrected chi connectivity index (χ2v) is 3.97. The van der Waals surface area contributed by atoms with E-state index in [1.165, 1.54) is 12.3 Å². The molecule has 3 rings (SSSR count). The molecule has 1 aromatic heterocycles. The number of anilines is 1. The third-order valence-electron chi connectivity index (χ3n) is 2.75. The Morgan fingerprint density at radius 1 is 1.11 bits per heavy atom. The number of nitrogens with zero attached hydrogens (tertiary/aromatic N) is 1. The number of hydrogen-bond donors (Lipinski definition) is 2. The third-order valence-corrected chi connectivity index (χ3v) is 2.75. The Kier molecular flexibility index (Phi) is 2.47. The molecule has 2 heterocycles. The fraction of sp³-hybridized carbons (Fsp3) is 0.250. The number of nitrogens with two attached hydrogens (primary N) is 1. The van der Waals surface area contributed by atoms with Gasteiger partial charge in [0, 0.05) is 18.1 Å². The maximum atomic E-state index is 9.99. The molecule has 94 valence electrons. The Labute approximate surface area is 103 Å². The van der Waals surface area contributed by atoms with E-state index < -0.39 is 0 Å². The molecule has 0 spiro atoms. The van der Waals surface area contributed by atoms with Gasteiger partial charge in [0.2, 0.25) is 5.88 Å². The first-order valence-electron chi connectivity index (χ1n) is 5.59. The van der Waals surface area contributed by atoms with E-state index in [4.69, 9.17) is 19.7 Å². The van der Waals surface area contributed by atoms with Gasteiger partial charge in [-0.05, 0) is 6.07 Å². The minimum Gasteiger partial charge on any atom is -0.507 e. The Bertz CT molecular complexity index is 579. The summed E-state index contributed by atoms with van der Waals surface area (Å²) in [6.07, 6.45) is 2.26. The van der Waals surface area contributed by atoms with Crippen molar-refractivity contribution in [2.75, 3.05) is 18.9 Å². The summed E-state index contributed by atoms with van der Waals surface area (Å²) in [5.41, 5.74) is 6.68. The highest BCUT2D eigenvalue weighted by Gasteiger charge is 2.18. The largest absolute Gasteiger partial charge is 0.507 e. The van der Waals surface area contributed by atoms with Crippen LogP contribution in [0.4, 0.5) is 5.88 Å². The molecule has 3 N–H and O–H groups in total. The molecule has 0 amide bonds. The zero-order valence-electron chi connectivity index (χ0n) is 9.55. The highest BCUT2D eigenvalue weighted by molar-refractivity contribution is 5.79. The summed E-state index contributed by atoms with van der Waals surface area (Å²) in [7, 11) is 0. The van der Waals surface area contributed by atoms with E-state index in [9.17, 15) is 5.11 Å². The van der Waals surface area contributed by atoms with E-state index in [0.29, 0.717) is 35.8 Å². The molecule has 0 radical (unpaired) electrons. The van der Waals surface area contributed by atoms with E-state index in [0.717, 1.165) is 6.42 Å². The monoisotopic (exact) mass is 248 g/mol. The van der Waals surface area contributed by atoms with Crippen molar-refractivity contribution < 1.29 is 19.1 Å². The van der Waals surface area contributed by atoms with E-state index in [1.807, 2.05) is 0 Å². The van der Waals surface area contributed by atoms with Crippen molar-refractivity contribution in [3.8, 4) is 28.4 Å². The highest BCUT2D eigenvalue weighted by atomic mass is 16.5. The van der Waals surface area contributed by atoms with Crippen LogP contribution in [0.5, 0.6) is 17.2 Å². The van der Waals surface area contributed by atoms with Crippen LogP contribution in [0.1, 0.15) is 6.42 Å². The van der Waals surface area contributed by atoms with Gasteiger partial charge in [0.05, 0.1) is 25.0 Å². The first-order valence-corrected chi connectivity index (χ1v) is 5.59. The van der Waals surface area contributed by atoms with Crippen LogP contribution < -0.4 is 15.2 Å². The molecule has 0 saturated carbocycles. The summed E-state index contributed by atoms with van der Waals surface area (Å²) in [4.78, 5) is 0. The van der Waals surface area contributed by atoms with Crippen molar-refractivity contribution >= 4 is 5.88 Å². The lowest BCUT2D eigenvalue weighted by Crippen LogP contribution is -1.97. The van der Waals surface area contributed by atoms with Crippen molar-refractivity contribution in [2.45, 2.75) is 6.42 Å². The lowest BCUT2D eigenvalue weighted by Gasteiger charge is -2.10. The molecule has 1 aliphatic heterocycles. The number of rotatable bonds is 1. The summed E-state index contributed by atoms with van der Waals surface area (Å²) in [5, 5.41) is 13.6. The van der Waals surface area contributed by atoms with Crippen molar-refractivity contribution in [2.24, 2.45) is 0 Å². The number of hydrogen-bond acceptors (Lipinski definition) is 6. The van der Waals surface area contributed by atoms with Gasteiger partial charge < -0.3 is 24.8 Å². The van der Waals surface area contributed by atoms with E-state index in [-0.39, 0.29) is 11.6 Å². The van der Waals surface area contributed by atoms with Crippen LogP contribution in [-0.2, 0) is 0 Å². The number of fused-ring (bicyclic) bond motifs is 1. The Morgan fingerprint density at radius 3 is 2.50 bits per heavy atom. The van der Waals surface area contributed by atoms with Crippen LogP contribution >= 0.6 is 0 Å². The van der Waals surface area contributed by atoms with E-state index in [1.54, 1.807) is 6.07 Å². The van der Waals surface area contributed by atoms with Crippen LogP contribution in [0.25, 0.3) is 11.1 Å². The molecular weight excluding hydrogens is 236 g/mol. The van der Waals surface area contributed by atoms with Crippen LogP contribution in [0, 0.1) is 0 Å². The summed E-state index contributed by atoms with van der Waals surface area (Å²) in [5.74, 6) is 1.32. The second kappa shape index (κ2) is 4.14. The van der Waals surface area contributed by atoms with Crippen molar-refractivity contribution in [3.63, 3.8) is 0 Å². The van der Waals surface area contributed by atoms with Gasteiger partial charge in [0.1, 0.15) is 5.75 Å². The minimum absolute atomic E-state index is 0.0501. The second-order valence-electron chi connectivity index (χ2n) is 3.97. The van der Waals surface area contributed by atoms with E-state index >= 15 is 0 Å². The standard InChI is InChI=1S/C12H12N2O4/c13-12-8(6-14-18-12)7-4-10-11(5-9(7)15)17-3-1-2-16-10/h4-6,15H,1-3,13H2. The van der Waals surface area contributed by atoms with Gasteiger partial charge in [0.25, 0.3) is 0 Å². The zero-order chi connectivity index (χ0) is 12.5. The summed E-state index contributed by atoms with van der Waals surface area (Å²) >= 11 is 0. The molecule has 0 bridgehead atoms. The number of aromatic hydroxyl groups is 1. The normalized spacial score (nSPS) is 14.2. The number of nitrogen functional groups attached to an aromatic ring is 1. The number of benzene rings is 1. The van der Waals surface area contributed by atoms with Crippen LogP contribution in [0.2, 0.25) is 0 Å². The molecular formula is C12H12N2O4. The maximum absolute atomic E-state index is 9.99. The lowest BCUT2D eigenvalue weighted by molar-refractivity contribution is 0.296. The fourth-order valence-electron chi connectivity index (χ4n) is 1.86. The van der Waals surface area contributed by atoms with Gasteiger partial charge in [-0.25, -0.2) is 0 Å². The smallest absolute Gasteiger partial charge is 0.230 e. The fourth-order valence-corrected chi connectivity index (χ4v) is 1.86. The molecule has 6 heteroatoms. The predicted molar refractivity (Wildman–Crippen MR) is 63.6 cm³/mol. The SMILES string of the molecule is Nc1oncc1-c1cc2c(cc1O)OCCCO2. The molecule has 0 unspecified atom stereocenters. The van der Waals surface area contributed by atoms with Crippen molar-refractivity contribution in [1.29, 1.82) is 0 Å². The van der Waals surface area contributed by atoms with Gasteiger partial charge in [-0.1, -0.05) is 5.16 Å². The predicted octanol–water partition coefficient (Wildman–Crippen LogP) is 1.79. The van der Waals surface area contributed by atoms with Gasteiger partial charge in [-0.2, -0.15) is 0 Å². The summed E-state index contributed by atoms with van der Waals surface area (Å²) < 4.78 is 15.8. The quantitative estimate of drug-likeness (QED) is 0.799. The number of phenols is 1. The van der Waals surface area contributed by atoms with Gasteiger partial charge in [-0.3, -0.25) is 0 Å². The van der Waals surface area contributed by atoms with Crippen molar-refractivity contribution in [3.05, 3.63) is 18.3 Å². The zero-order valence-corrected chi connectivity index (χ0v) is 9.55. The minimum atomic E-state index is 0.0501. The number of aromatic nitrogens is 1. The maximum Gasteiger partial charge on any atom is 0.230 e. The van der Waals surface area contributed by atoms with Gasteiger partial charge >= 0.3 is 0 Å². The first-order chi connectivity index (χ1) is 8.75. The topological polar surface area (TPSA) is 90.7 Å². The molecule has 0 atom stereocenters. The molecule has 0 saturated heterocycles. The summed E-state index contributed by atoms with van der Waals surface area (Å²) in [6.45, 7) is 1.15. The molecule has 18 heavy (non-hydrogen) atoms. The average molecular weight is 248 g/mol.